The Labute approximate surface area is 172 Å². The van der Waals surface area contributed by atoms with Crippen LogP contribution in [0.15, 0.2) is 52.2 Å². The van der Waals surface area contributed by atoms with E-state index in [0.29, 0.717) is 0 Å². The molecule has 1 aromatic heterocycles. The van der Waals surface area contributed by atoms with Crippen molar-refractivity contribution in [3.63, 3.8) is 0 Å². The smallest absolute Gasteiger partial charge is 0.191 e. The Morgan fingerprint density at radius 2 is 1.92 bits per heavy atom. The van der Waals surface area contributed by atoms with Crippen LogP contribution in [0.3, 0.4) is 0 Å². The van der Waals surface area contributed by atoms with Crippen molar-refractivity contribution in [1.82, 2.24) is 15.5 Å². The van der Waals surface area contributed by atoms with Gasteiger partial charge in [-0.05, 0) is 54.9 Å². The fourth-order valence-electron chi connectivity index (χ4n) is 2.42. The second-order valence-corrected chi connectivity index (χ2v) is 6.61. The van der Waals surface area contributed by atoms with Crippen molar-refractivity contribution in [3.8, 4) is 0 Å². The van der Waals surface area contributed by atoms with Crippen LogP contribution in [-0.4, -0.2) is 37.5 Å². The Hall–Kier alpha value is -1.12. The van der Waals surface area contributed by atoms with Crippen molar-refractivity contribution in [2.45, 2.75) is 26.4 Å². The molecule has 0 radical (unpaired) electrons. The van der Waals surface area contributed by atoms with Crippen molar-refractivity contribution >= 4 is 41.3 Å². The van der Waals surface area contributed by atoms with Gasteiger partial charge in [-0.15, -0.1) is 24.0 Å². The van der Waals surface area contributed by atoms with Gasteiger partial charge in [-0.1, -0.05) is 30.3 Å². The number of hydrogen-bond donors (Lipinski definition) is 2. The van der Waals surface area contributed by atoms with Crippen molar-refractivity contribution in [1.29, 1.82) is 0 Å². The minimum Gasteiger partial charge on any atom is -0.357 e. The van der Waals surface area contributed by atoms with E-state index in [1.165, 1.54) is 11.1 Å². The average Bonchev–Trinajstić information content (AvgIpc) is 3.11. The monoisotopic (exact) mass is 472 g/mol. The van der Waals surface area contributed by atoms with Crippen LogP contribution in [0.4, 0.5) is 0 Å². The number of rotatable bonds is 9. The molecule has 0 amide bonds. The quantitative estimate of drug-likeness (QED) is 0.251. The molecule has 2 N–H and O–H groups in total. The van der Waals surface area contributed by atoms with E-state index in [2.05, 4.69) is 81.7 Å². The highest BCUT2D eigenvalue weighted by Crippen LogP contribution is 2.06. The lowest BCUT2D eigenvalue weighted by atomic mass is 10.2. The minimum absolute atomic E-state index is 0. The number of aliphatic imine (C=N–C) groups is 1. The molecule has 0 aliphatic carbocycles. The third kappa shape index (κ3) is 9.23. The van der Waals surface area contributed by atoms with Gasteiger partial charge >= 0.3 is 0 Å². The molecule has 0 unspecified atom stereocenters. The van der Waals surface area contributed by atoms with Crippen LogP contribution >= 0.6 is 35.3 Å². The Morgan fingerprint density at radius 1 is 1.12 bits per heavy atom. The SMILES string of the molecule is CCNC(=NCc1ccsc1)NCCCN(C)Cc1ccccc1.I. The van der Waals surface area contributed by atoms with Crippen molar-refractivity contribution < 1.29 is 0 Å². The summed E-state index contributed by atoms with van der Waals surface area (Å²) in [6, 6.07) is 12.7. The first kappa shape index (κ1) is 21.9. The van der Waals surface area contributed by atoms with Crippen molar-refractivity contribution in [3.05, 3.63) is 58.3 Å². The Bertz CT molecular complexity index is 587. The molecule has 2 rings (SSSR count). The molecule has 0 fully saturated rings. The van der Waals surface area contributed by atoms with E-state index in [9.17, 15) is 0 Å². The van der Waals surface area contributed by atoms with E-state index >= 15 is 0 Å². The second kappa shape index (κ2) is 13.1. The molecule has 4 nitrogen and oxygen atoms in total. The topological polar surface area (TPSA) is 39.7 Å². The van der Waals surface area contributed by atoms with E-state index in [1.807, 2.05) is 0 Å². The maximum absolute atomic E-state index is 4.63. The third-order valence-electron chi connectivity index (χ3n) is 3.65. The summed E-state index contributed by atoms with van der Waals surface area (Å²) in [5.41, 5.74) is 2.62. The number of guanidine groups is 1. The van der Waals surface area contributed by atoms with Crippen LogP contribution in [0.25, 0.3) is 0 Å². The predicted molar refractivity (Wildman–Crippen MR) is 120 cm³/mol. The fourth-order valence-corrected chi connectivity index (χ4v) is 3.08. The Kier molecular flexibility index (Phi) is 11.5. The lowest BCUT2D eigenvalue weighted by Crippen LogP contribution is -2.38. The molecule has 2 aromatic rings. The maximum Gasteiger partial charge on any atom is 0.191 e. The summed E-state index contributed by atoms with van der Waals surface area (Å²) in [6.45, 7) is 6.68. The normalized spacial score (nSPS) is 11.2. The molecule has 25 heavy (non-hydrogen) atoms. The highest BCUT2D eigenvalue weighted by Gasteiger charge is 2.01. The highest BCUT2D eigenvalue weighted by molar-refractivity contribution is 14.0. The first-order valence-corrected chi connectivity index (χ1v) is 9.48. The molecule has 0 saturated heterocycles. The fraction of sp³-hybridized carbons (Fsp3) is 0.421. The lowest BCUT2D eigenvalue weighted by Gasteiger charge is -2.17. The standard InChI is InChI=1S/C19H28N4S.HI/c1-3-20-19(22-14-18-10-13-24-16-18)21-11-7-12-23(2)15-17-8-5-4-6-9-17;/h4-6,8-10,13,16H,3,7,11-12,14-15H2,1-2H3,(H2,20,21,22);1H. The maximum atomic E-state index is 4.63. The van der Waals surface area contributed by atoms with Gasteiger partial charge in [0.1, 0.15) is 0 Å². The van der Waals surface area contributed by atoms with Gasteiger partial charge in [-0.2, -0.15) is 11.3 Å². The molecule has 1 aromatic carbocycles. The zero-order valence-electron chi connectivity index (χ0n) is 15.1. The van der Waals surface area contributed by atoms with Crippen LogP contribution in [0, 0.1) is 0 Å². The molecule has 0 spiro atoms. The van der Waals surface area contributed by atoms with Gasteiger partial charge in [-0.25, -0.2) is 4.99 Å². The molecule has 0 aliphatic heterocycles. The van der Waals surface area contributed by atoms with Gasteiger partial charge < -0.3 is 15.5 Å². The summed E-state index contributed by atoms with van der Waals surface area (Å²) < 4.78 is 0. The molecule has 0 bridgehead atoms. The lowest BCUT2D eigenvalue weighted by molar-refractivity contribution is 0.322. The van der Waals surface area contributed by atoms with Crippen LogP contribution in [0.5, 0.6) is 0 Å². The first-order chi connectivity index (χ1) is 11.8. The number of thiophene rings is 1. The molecule has 138 valence electrons. The third-order valence-corrected chi connectivity index (χ3v) is 4.38. The van der Waals surface area contributed by atoms with Crippen molar-refractivity contribution in [2.75, 3.05) is 26.7 Å². The van der Waals surface area contributed by atoms with Crippen LogP contribution in [0.2, 0.25) is 0 Å². The summed E-state index contributed by atoms with van der Waals surface area (Å²) in [7, 11) is 2.17. The van der Waals surface area contributed by atoms with E-state index < -0.39 is 0 Å². The number of halogens is 1. The van der Waals surface area contributed by atoms with Crippen LogP contribution < -0.4 is 10.6 Å². The van der Waals surface area contributed by atoms with Crippen LogP contribution in [0.1, 0.15) is 24.5 Å². The Morgan fingerprint density at radius 3 is 2.60 bits per heavy atom. The first-order valence-electron chi connectivity index (χ1n) is 8.53. The molecule has 6 heteroatoms. The van der Waals surface area contributed by atoms with Gasteiger partial charge in [0.2, 0.25) is 0 Å². The minimum atomic E-state index is 0. The van der Waals surface area contributed by atoms with Gasteiger partial charge in [-0.3, -0.25) is 0 Å². The number of nitrogens with one attached hydrogen (secondary N) is 2. The molecular weight excluding hydrogens is 443 g/mol. The average molecular weight is 472 g/mol. The van der Waals surface area contributed by atoms with E-state index in [0.717, 1.165) is 45.1 Å². The molecule has 0 aliphatic rings. The van der Waals surface area contributed by atoms with E-state index in [4.69, 9.17) is 0 Å². The summed E-state index contributed by atoms with van der Waals surface area (Å²) in [5.74, 6) is 0.898. The van der Waals surface area contributed by atoms with Crippen molar-refractivity contribution in [2.24, 2.45) is 4.99 Å². The predicted octanol–water partition coefficient (Wildman–Crippen LogP) is 3.94. The van der Waals surface area contributed by atoms with E-state index in [-0.39, 0.29) is 24.0 Å². The molecule has 1 heterocycles. The summed E-state index contributed by atoms with van der Waals surface area (Å²) in [5, 5.41) is 11.0. The highest BCUT2D eigenvalue weighted by atomic mass is 127. The molecule has 0 saturated carbocycles. The van der Waals surface area contributed by atoms with Gasteiger partial charge in [0.25, 0.3) is 0 Å². The summed E-state index contributed by atoms with van der Waals surface area (Å²) >= 11 is 1.71. The second-order valence-electron chi connectivity index (χ2n) is 5.83. The van der Waals surface area contributed by atoms with Gasteiger partial charge in [0.05, 0.1) is 6.54 Å². The zero-order chi connectivity index (χ0) is 17.0. The largest absolute Gasteiger partial charge is 0.357 e. The van der Waals surface area contributed by atoms with Gasteiger partial charge in [0, 0.05) is 19.6 Å². The number of benzene rings is 1. The Balaban J connectivity index is 0.00000312. The molecular formula is C19H29IN4S. The van der Waals surface area contributed by atoms with Gasteiger partial charge in [0.15, 0.2) is 5.96 Å². The number of hydrogen-bond acceptors (Lipinski definition) is 3. The summed E-state index contributed by atoms with van der Waals surface area (Å²) in [6.07, 6.45) is 1.09. The van der Waals surface area contributed by atoms with Crippen LogP contribution in [-0.2, 0) is 13.1 Å². The summed E-state index contributed by atoms with van der Waals surface area (Å²) in [4.78, 5) is 6.98. The van der Waals surface area contributed by atoms with E-state index in [1.54, 1.807) is 11.3 Å². The molecule has 0 atom stereocenters. The zero-order valence-corrected chi connectivity index (χ0v) is 18.2. The number of nitrogens with zero attached hydrogens (tertiary/aromatic N) is 2.